The third-order valence-corrected chi connectivity index (χ3v) is 29.2. The molecule has 12 aromatic rings. The molecule has 710 valence electrons. The molecule has 1 fully saturated rings. The summed E-state index contributed by atoms with van der Waals surface area (Å²) in [6.07, 6.45) is 10.9. The van der Waals surface area contributed by atoms with E-state index < -0.39 is 45.5 Å². The Labute approximate surface area is 820 Å². The Morgan fingerprint density at radius 3 is 1.31 bits per heavy atom. The van der Waals surface area contributed by atoms with Gasteiger partial charge >= 0.3 is 0 Å². The molecular weight excluding hydrogens is 1850 g/mol. The normalized spacial score (nSPS) is 22.4. The first kappa shape index (κ1) is 99.7. The predicted octanol–water partition coefficient (Wildman–Crippen LogP) is 17.1. The second-order valence-corrected chi connectivity index (χ2v) is 38.5. The molecule has 6 aliphatic rings. The summed E-state index contributed by atoms with van der Waals surface area (Å²) in [6.45, 7) is 12.2. The number of hydrogen-bond acceptors (Lipinski definition) is 20. The minimum atomic E-state index is -2.93. The van der Waals surface area contributed by atoms with Crippen LogP contribution in [-0.4, -0.2) is 140 Å². The van der Waals surface area contributed by atoms with Crippen LogP contribution in [0, 0.1) is 11.8 Å². The summed E-state index contributed by atoms with van der Waals surface area (Å²) in [6, 6.07) is 82.9. The monoisotopic (exact) mass is 1960 g/mol. The van der Waals surface area contributed by atoms with Crippen molar-refractivity contribution in [2.24, 2.45) is 65.5 Å². The average molecular weight is 1960 g/mol. The molecule has 6 amide bonds. The molecular formula is C108H112BrClF2N18O7S. The van der Waals surface area contributed by atoms with Crippen molar-refractivity contribution >= 4 is 104 Å². The second-order valence-electron chi connectivity index (χ2n) is 36.1. The van der Waals surface area contributed by atoms with Crippen molar-refractivity contribution in [2.75, 3.05) is 35.2 Å². The number of hydrogen-bond donors (Lipinski definition) is 7. The van der Waals surface area contributed by atoms with E-state index >= 15 is 0 Å². The molecule has 18 rings (SSSR count). The van der Waals surface area contributed by atoms with Gasteiger partial charge in [0.25, 0.3) is 11.8 Å². The highest BCUT2D eigenvalue weighted by Gasteiger charge is 2.52. The Morgan fingerprint density at radius 2 is 0.877 bits per heavy atom. The first-order valence-electron chi connectivity index (χ1n) is 45.1. The highest BCUT2D eigenvalue weighted by Crippen LogP contribution is 2.51. The number of benzene rings is 9. The van der Waals surface area contributed by atoms with Crippen molar-refractivity contribution < 1.29 is 42.7 Å². The number of likely N-dealkylation sites (N-methyl/N-ethyl adjacent to an activating group) is 3. The molecule has 30 heteroatoms. The van der Waals surface area contributed by atoms with Crippen LogP contribution in [0.15, 0.2) is 315 Å². The van der Waals surface area contributed by atoms with E-state index in [2.05, 4.69) is 77.6 Å². The number of pyridine rings is 2. The maximum absolute atomic E-state index is 13.5. The smallest absolute Gasteiger partial charge is 0.270 e. The molecule has 0 spiro atoms. The minimum Gasteiger partial charge on any atom is -0.391 e. The predicted molar refractivity (Wildman–Crippen MR) is 544 cm³/mol. The number of guanidine groups is 5. The van der Waals surface area contributed by atoms with E-state index in [1.54, 1.807) is 72.8 Å². The lowest BCUT2D eigenvalue weighted by Gasteiger charge is -2.41. The van der Waals surface area contributed by atoms with Gasteiger partial charge in [0.1, 0.15) is 11.1 Å². The van der Waals surface area contributed by atoms with Crippen molar-refractivity contribution in [3.05, 3.63) is 366 Å². The van der Waals surface area contributed by atoms with Gasteiger partial charge in [0.2, 0.25) is 29.5 Å². The zero-order valence-electron chi connectivity index (χ0n) is 78.8. The van der Waals surface area contributed by atoms with Crippen LogP contribution in [0.1, 0.15) is 150 Å². The van der Waals surface area contributed by atoms with Gasteiger partial charge in [0, 0.05) is 105 Å². The number of aromatic nitrogens is 2. The van der Waals surface area contributed by atoms with Crippen LogP contribution in [0.5, 0.6) is 0 Å². The molecule has 1 unspecified atom stereocenters. The van der Waals surface area contributed by atoms with Crippen LogP contribution in [0.25, 0.3) is 33.4 Å². The second kappa shape index (κ2) is 41.4. The van der Waals surface area contributed by atoms with E-state index in [0.29, 0.717) is 35.9 Å². The quantitative estimate of drug-likeness (QED) is 0.0396. The van der Waals surface area contributed by atoms with Crippen molar-refractivity contribution in [3.63, 3.8) is 0 Å². The Bertz CT molecular complexity index is 6510. The van der Waals surface area contributed by atoms with Gasteiger partial charge in [-0.1, -0.05) is 224 Å². The largest absolute Gasteiger partial charge is 0.391 e. The Morgan fingerprint density at radius 1 is 0.471 bits per heavy atom. The number of rotatable bonds is 19. The number of nitrogens with one attached hydrogen (secondary N) is 1. The topological polar surface area (TPSA) is 369 Å². The molecule has 8 heterocycles. The highest BCUT2D eigenvalue weighted by atomic mass is 79.9. The molecule has 1 saturated carbocycles. The fourth-order valence-electron chi connectivity index (χ4n) is 18.1. The van der Waals surface area contributed by atoms with E-state index in [1.807, 2.05) is 234 Å². The molecule has 138 heavy (non-hydrogen) atoms. The van der Waals surface area contributed by atoms with Crippen molar-refractivity contribution in [2.45, 2.75) is 139 Å². The molecule has 9 atom stereocenters. The van der Waals surface area contributed by atoms with E-state index in [4.69, 9.17) is 55.2 Å². The standard InChI is InChI=1S/2C24H24N4O.C20H22BrN3O2S.C20H21ClN4O2.C20H21F2N3O/c2*1-24(20-12-6-10-18(15-20)19-11-7-13-26-16-19)21(14-17-8-4-3-5-9-17)22(29)28(2)23(25)27-24;1-20(16-9-14(21)15(10-25)27-16)17(18(26)24(2)19(22)23-20)13-7-5-12(6-8-13)11-3-4-11;1-12(26)23-11-14-7-8-16(21)10-17(14)13-5-4-6-15(9-13)20(2)18(27)25(3)19(22)24-20;1-19(14-7-5-4-6-8-14)16(17(26)25(3)18(23)24-19)13-9-11-15(12-10-13)20(2,21)22/h2*3-13,15-16,21H,14H2,1-2H3,(H2,25,27);5-9,11,17,25H,3-4,10H2,1-2H3,(H2,22,23);4-10H,11H2,1-3H3,(H2,22,24)(H,23,26);4-12,16H,1-3H3,(H2,23,24)/t21-,24+;21-,24-;17-,20-;;16-,19-/m011.1/s1. The summed E-state index contributed by atoms with van der Waals surface area (Å²) in [7, 11) is 8.21. The van der Waals surface area contributed by atoms with Crippen LogP contribution in [0.3, 0.4) is 0 Å². The fraction of sp³-hybridized carbons (Fsp3) is 0.269. The lowest BCUT2D eigenvalue weighted by molar-refractivity contribution is -0.134. The molecule has 0 bridgehead atoms. The van der Waals surface area contributed by atoms with Crippen molar-refractivity contribution in [3.8, 4) is 33.4 Å². The number of halogens is 4. The van der Waals surface area contributed by atoms with Gasteiger partial charge in [-0.2, -0.15) is 0 Å². The molecule has 12 N–H and O–H groups in total. The number of amides is 6. The van der Waals surface area contributed by atoms with Crippen LogP contribution >= 0.6 is 38.9 Å². The van der Waals surface area contributed by atoms with E-state index in [-0.39, 0.29) is 89.2 Å². The summed E-state index contributed by atoms with van der Waals surface area (Å²) in [5.41, 5.74) is 41.1. The van der Waals surface area contributed by atoms with E-state index in [0.717, 1.165) is 99.0 Å². The summed E-state index contributed by atoms with van der Waals surface area (Å²) < 4.78 is 27.9. The summed E-state index contributed by atoms with van der Waals surface area (Å²) in [5.74, 6) is -3.70. The Kier molecular flexibility index (Phi) is 29.9. The van der Waals surface area contributed by atoms with E-state index in [1.165, 1.54) is 73.3 Å². The Balaban J connectivity index is 0.000000138. The van der Waals surface area contributed by atoms with Gasteiger partial charge in [-0.25, -0.2) is 33.7 Å². The number of thiophene rings is 1. The summed E-state index contributed by atoms with van der Waals surface area (Å²) >= 11 is 11.1. The number of aliphatic imine (C=N–C) groups is 5. The summed E-state index contributed by atoms with van der Waals surface area (Å²) in [4.78, 5) is 117. The SMILES string of the molecule is CC(=O)NCc1ccc(Cl)cc1-c1cccc(C2(C)N=C(N)N(C)C2=O)c1.CN1C(=O)[C@@H](Cc2ccccc2)[C@@](C)(c2cccc(-c3cccnc3)c2)N=C1N.CN1C(=O)[C@@H](c2ccc(C(C)(F)F)cc2)[C@@](C)(c2ccccc2)N=C1N.CN1C(=O)[C@@H](c2ccc(C3CC3)cc2)[C@@](C)(c2cc(Br)c(CO)s2)N=C1N.CN1C(=O)[C@H](Cc2ccccc2)[C@@](C)(c2cccc(-c3cccnc3)c2)N=C1N. The number of carbonyl (C=O) groups excluding carboxylic acids is 6. The molecule has 3 aromatic heterocycles. The maximum atomic E-state index is 13.5. The maximum Gasteiger partial charge on any atom is 0.270 e. The average Bonchev–Trinajstić information content (AvgIpc) is 1.65. The third kappa shape index (κ3) is 21.1. The highest BCUT2D eigenvalue weighted by molar-refractivity contribution is 9.10. The van der Waals surface area contributed by atoms with Gasteiger partial charge in [-0.05, 0) is 220 Å². The van der Waals surface area contributed by atoms with Gasteiger partial charge in [0.05, 0.1) is 41.4 Å². The zero-order valence-corrected chi connectivity index (χ0v) is 82.0. The number of carbonyl (C=O) groups is 6. The molecule has 0 radical (unpaired) electrons. The van der Waals surface area contributed by atoms with Crippen molar-refractivity contribution in [1.82, 2.24) is 39.8 Å². The zero-order chi connectivity index (χ0) is 99.1. The molecule has 1 aliphatic carbocycles. The Hall–Kier alpha value is -14.3. The van der Waals surface area contributed by atoms with Crippen LogP contribution in [0.4, 0.5) is 8.78 Å². The number of aliphatic hydroxyl groups is 1. The van der Waals surface area contributed by atoms with Crippen molar-refractivity contribution in [1.29, 1.82) is 0 Å². The molecule has 5 aliphatic heterocycles. The lowest BCUT2D eigenvalue weighted by atomic mass is 9.74. The minimum absolute atomic E-state index is 0.0179. The third-order valence-electron chi connectivity index (χ3n) is 26.7. The van der Waals surface area contributed by atoms with Gasteiger partial charge in [-0.15, -0.1) is 11.3 Å². The summed E-state index contributed by atoms with van der Waals surface area (Å²) in [5, 5.41) is 13.0. The van der Waals surface area contributed by atoms with Gasteiger partial charge < -0.3 is 39.1 Å². The first-order chi connectivity index (χ1) is 65.7. The van der Waals surface area contributed by atoms with Gasteiger partial charge in [0.15, 0.2) is 35.3 Å². The van der Waals surface area contributed by atoms with Crippen LogP contribution < -0.4 is 34.0 Å². The van der Waals surface area contributed by atoms with E-state index in [9.17, 15) is 42.7 Å². The number of nitrogens with zero attached hydrogens (tertiary/aromatic N) is 12. The van der Waals surface area contributed by atoms with Crippen LogP contribution in [-0.2, 0) is 88.4 Å². The molecule has 9 aromatic carbocycles. The number of alkyl halides is 2. The first-order valence-corrected chi connectivity index (χ1v) is 47.1. The number of aliphatic hydroxyl groups excluding tert-OH is 1. The lowest BCUT2D eigenvalue weighted by Crippen LogP contribution is -2.54. The fourth-order valence-corrected chi connectivity index (χ4v) is 20.1. The van der Waals surface area contributed by atoms with Crippen LogP contribution in [0.2, 0.25) is 5.02 Å². The van der Waals surface area contributed by atoms with Gasteiger partial charge in [-0.3, -0.25) is 63.2 Å². The molecule has 0 saturated heterocycles. The number of nitrogens with two attached hydrogens (primary N) is 5. The molecule has 25 nitrogen and oxygen atoms in total.